The van der Waals surface area contributed by atoms with Crippen LogP contribution in [0.4, 0.5) is 0 Å². The molecule has 5 nitrogen and oxygen atoms in total. The summed E-state index contributed by atoms with van der Waals surface area (Å²) in [6, 6.07) is 10.6. The van der Waals surface area contributed by atoms with Gasteiger partial charge in [-0.15, -0.1) is 0 Å². The largest absolute Gasteiger partial charge is 0.463 e. The molecular weight excluding hydrogens is 258 g/mol. The average Bonchev–Trinajstić information content (AvgIpc) is 2.76. The highest BCUT2D eigenvalue weighted by molar-refractivity contribution is 5.91. The van der Waals surface area contributed by atoms with E-state index in [0.29, 0.717) is 11.4 Å². The van der Waals surface area contributed by atoms with Crippen molar-refractivity contribution in [1.82, 2.24) is 4.74 Å². The Balaban J connectivity index is 2.53. The van der Waals surface area contributed by atoms with Gasteiger partial charge in [0.1, 0.15) is 0 Å². The quantitative estimate of drug-likeness (QED) is 0.633. The number of aromatic nitrogens is 1. The molecule has 0 bridgehead atoms. The lowest BCUT2D eigenvalue weighted by molar-refractivity contribution is -0.137. The van der Waals surface area contributed by atoms with Gasteiger partial charge in [-0.3, -0.25) is 0 Å². The van der Waals surface area contributed by atoms with Gasteiger partial charge in [0.2, 0.25) is 0 Å². The number of nitrogens with zero attached hydrogens (tertiary/aromatic N) is 1. The summed E-state index contributed by atoms with van der Waals surface area (Å²) in [7, 11) is 0. The number of ether oxygens (including phenoxy) is 1. The topological polar surface area (TPSA) is 61.4 Å². The zero-order valence-corrected chi connectivity index (χ0v) is 11.3. The number of carbonyl (C=O) groups is 1. The summed E-state index contributed by atoms with van der Waals surface area (Å²) in [5.74, 6) is -0.484. The Kier molecular flexibility index (Phi) is 4.20. The number of benzene rings is 1. The summed E-state index contributed by atoms with van der Waals surface area (Å²) in [5.41, 5.74) is 1.36. The minimum Gasteiger partial charge on any atom is -0.463 e. The van der Waals surface area contributed by atoms with E-state index in [2.05, 4.69) is 0 Å². The highest BCUT2D eigenvalue weighted by Crippen LogP contribution is 2.18. The van der Waals surface area contributed by atoms with E-state index in [1.807, 2.05) is 30.3 Å². The van der Waals surface area contributed by atoms with Gasteiger partial charge in [-0.25, -0.2) is 9.59 Å². The maximum Gasteiger partial charge on any atom is 0.358 e. The number of rotatable bonds is 4. The number of aryl methyl sites for hydroxylation is 1. The van der Waals surface area contributed by atoms with Gasteiger partial charge in [0, 0.05) is 11.6 Å². The molecule has 0 radical (unpaired) electrons. The average molecular weight is 273 g/mol. The van der Waals surface area contributed by atoms with Gasteiger partial charge >= 0.3 is 11.6 Å². The van der Waals surface area contributed by atoms with Crippen LogP contribution in [-0.2, 0) is 9.53 Å². The van der Waals surface area contributed by atoms with Gasteiger partial charge in [-0.05, 0) is 13.8 Å². The van der Waals surface area contributed by atoms with Crippen molar-refractivity contribution in [1.29, 1.82) is 0 Å². The van der Waals surface area contributed by atoms with Crippen molar-refractivity contribution in [3.8, 4) is 0 Å². The number of esters is 1. The van der Waals surface area contributed by atoms with Crippen LogP contribution in [0.2, 0.25) is 0 Å². The van der Waals surface area contributed by atoms with Crippen molar-refractivity contribution in [3.63, 3.8) is 0 Å². The molecule has 0 unspecified atom stereocenters. The summed E-state index contributed by atoms with van der Waals surface area (Å²) in [6.45, 7) is 3.74. The first-order valence-electron chi connectivity index (χ1n) is 6.26. The Morgan fingerprint density at radius 2 is 2.05 bits per heavy atom. The lowest BCUT2D eigenvalue weighted by Crippen LogP contribution is -2.06. The normalized spacial score (nSPS) is 11.4. The lowest BCUT2D eigenvalue weighted by Gasteiger charge is -2.09. The fourth-order valence-corrected chi connectivity index (χ4v) is 1.82. The third-order valence-corrected chi connectivity index (χ3v) is 2.66. The van der Waals surface area contributed by atoms with Gasteiger partial charge in [0.25, 0.3) is 0 Å². The van der Waals surface area contributed by atoms with Crippen LogP contribution >= 0.6 is 0 Å². The van der Waals surface area contributed by atoms with Crippen molar-refractivity contribution in [2.24, 2.45) is 0 Å². The van der Waals surface area contributed by atoms with Crippen LogP contribution in [0.5, 0.6) is 0 Å². The first-order chi connectivity index (χ1) is 9.61. The van der Waals surface area contributed by atoms with Crippen LogP contribution in [0.3, 0.4) is 0 Å². The minimum atomic E-state index is -0.484. The summed E-state index contributed by atoms with van der Waals surface area (Å²) >= 11 is 0. The maximum atomic E-state index is 11.7. The number of hydrogen-bond acceptors (Lipinski definition) is 4. The van der Waals surface area contributed by atoms with E-state index in [9.17, 15) is 9.59 Å². The zero-order chi connectivity index (χ0) is 14.5. The van der Waals surface area contributed by atoms with Gasteiger partial charge < -0.3 is 9.26 Å². The zero-order valence-electron chi connectivity index (χ0n) is 11.3. The Bertz CT molecular complexity index is 679. The molecule has 0 spiro atoms. The molecule has 20 heavy (non-hydrogen) atoms. The third-order valence-electron chi connectivity index (χ3n) is 2.66. The number of hydrogen-bond donors (Lipinski definition) is 0. The monoisotopic (exact) mass is 273 g/mol. The Labute approximate surface area is 116 Å². The molecule has 0 N–H and O–H groups in total. The molecular formula is C15H15NO4. The van der Waals surface area contributed by atoms with Crippen LogP contribution in [0.15, 0.2) is 51.8 Å². The Morgan fingerprint density at radius 1 is 1.35 bits per heavy atom. The maximum absolute atomic E-state index is 11.7. The molecule has 5 heteroatoms. The second-order valence-corrected chi connectivity index (χ2v) is 4.14. The molecule has 0 saturated heterocycles. The second kappa shape index (κ2) is 6.06. The SMILES string of the molecule is CCOC(=O)/C=C(/c1ccccc1)n1oc(=O)cc1C. The van der Waals surface area contributed by atoms with E-state index in [0.717, 1.165) is 5.56 Å². The first-order valence-corrected chi connectivity index (χ1v) is 6.26. The van der Waals surface area contributed by atoms with E-state index in [-0.39, 0.29) is 6.61 Å². The minimum absolute atomic E-state index is 0.284. The Hall–Kier alpha value is -2.56. The first kappa shape index (κ1) is 13.9. The van der Waals surface area contributed by atoms with Crippen molar-refractivity contribution >= 4 is 11.7 Å². The molecule has 2 aromatic rings. The number of carbonyl (C=O) groups excluding carboxylic acids is 1. The van der Waals surface area contributed by atoms with Crippen molar-refractivity contribution in [3.05, 3.63) is 64.2 Å². The van der Waals surface area contributed by atoms with Gasteiger partial charge in [0.15, 0.2) is 0 Å². The Morgan fingerprint density at radius 3 is 2.60 bits per heavy atom. The summed E-state index contributed by atoms with van der Waals surface area (Å²) < 4.78 is 11.3. The third kappa shape index (κ3) is 3.06. The lowest BCUT2D eigenvalue weighted by atomic mass is 10.1. The molecule has 0 amide bonds. The second-order valence-electron chi connectivity index (χ2n) is 4.14. The van der Waals surface area contributed by atoms with Crippen LogP contribution in [-0.4, -0.2) is 17.3 Å². The van der Waals surface area contributed by atoms with E-state index in [1.54, 1.807) is 13.8 Å². The highest BCUT2D eigenvalue weighted by atomic mass is 16.5. The van der Waals surface area contributed by atoms with E-state index in [4.69, 9.17) is 9.26 Å². The fraction of sp³-hybridized carbons (Fsp3) is 0.200. The summed E-state index contributed by atoms with van der Waals surface area (Å²) in [5, 5.41) is 0. The van der Waals surface area contributed by atoms with Crippen LogP contribution in [0, 0.1) is 6.92 Å². The molecule has 0 atom stereocenters. The standard InChI is InChI=1S/C15H15NO4/c1-3-19-14(17)10-13(12-7-5-4-6-8-12)16-11(2)9-15(18)20-16/h4-10H,3H2,1-2H3/b13-10-. The molecule has 0 aliphatic rings. The molecule has 0 fully saturated rings. The molecule has 1 aromatic heterocycles. The van der Waals surface area contributed by atoms with Crippen LogP contribution < -0.4 is 5.63 Å². The van der Waals surface area contributed by atoms with Gasteiger partial charge in [-0.2, -0.15) is 4.74 Å². The molecule has 104 valence electrons. The molecule has 0 aliphatic carbocycles. The van der Waals surface area contributed by atoms with Crippen molar-refractivity contribution in [2.75, 3.05) is 6.61 Å². The smallest absolute Gasteiger partial charge is 0.358 e. The predicted octanol–water partition coefficient (Wildman–Crippen LogP) is 2.20. The highest BCUT2D eigenvalue weighted by Gasteiger charge is 2.12. The predicted molar refractivity (Wildman–Crippen MR) is 74.2 cm³/mol. The van der Waals surface area contributed by atoms with Crippen molar-refractivity contribution < 1.29 is 14.1 Å². The molecule has 2 rings (SSSR count). The van der Waals surface area contributed by atoms with E-state index >= 15 is 0 Å². The van der Waals surface area contributed by atoms with Crippen LogP contribution in [0.1, 0.15) is 18.2 Å². The van der Waals surface area contributed by atoms with Crippen LogP contribution in [0.25, 0.3) is 5.70 Å². The molecule has 1 heterocycles. The molecule has 0 aliphatic heterocycles. The molecule has 0 saturated carbocycles. The van der Waals surface area contributed by atoms with Crippen molar-refractivity contribution in [2.45, 2.75) is 13.8 Å². The van der Waals surface area contributed by atoms with E-state index in [1.165, 1.54) is 16.9 Å². The fourth-order valence-electron chi connectivity index (χ4n) is 1.82. The van der Waals surface area contributed by atoms with Gasteiger partial charge in [-0.1, -0.05) is 30.3 Å². The van der Waals surface area contributed by atoms with Gasteiger partial charge in [0.05, 0.1) is 24.1 Å². The summed E-state index contributed by atoms with van der Waals surface area (Å²) in [4.78, 5) is 23.0. The summed E-state index contributed by atoms with van der Waals surface area (Å²) in [6.07, 6.45) is 1.31. The molecule has 1 aromatic carbocycles. The van der Waals surface area contributed by atoms with E-state index < -0.39 is 11.6 Å².